The SMILES string of the molecule is Ic1cnc(Oc2cccc3cccnc23)nc1. The van der Waals surface area contributed by atoms with Gasteiger partial charge in [0.1, 0.15) is 5.52 Å². The predicted octanol–water partition coefficient (Wildman–Crippen LogP) is 3.42. The molecule has 5 heteroatoms. The minimum absolute atomic E-state index is 0.327. The van der Waals surface area contributed by atoms with Gasteiger partial charge < -0.3 is 4.74 Å². The van der Waals surface area contributed by atoms with E-state index in [2.05, 4.69) is 37.5 Å². The lowest BCUT2D eigenvalue weighted by Gasteiger charge is -2.05. The second-order valence-electron chi connectivity index (χ2n) is 3.62. The van der Waals surface area contributed by atoms with Crippen molar-refractivity contribution in [3.63, 3.8) is 0 Å². The van der Waals surface area contributed by atoms with E-state index in [4.69, 9.17) is 4.74 Å². The van der Waals surface area contributed by atoms with Crippen LogP contribution in [0.25, 0.3) is 10.9 Å². The molecule has 0 aliphatic heterocycles. The van der Waals surface area contributed by atoms with Gasteiger partial charge in [0.05, 0.1) is 0 Å². The first-order chi connectivity index (χ1) is 8.83. The highest BCUT2D eigenvalue weighted by molar-refractivity contribution is 14.1. The maximum Gasteiger partial charge on any atom is 0.322 e. The largest absolute Gasteiger partial charge is 0.422 e. The fourth-order valence-corrected chi connectivity index (χ4v) is 1.89. The molecule has 0 unspecified atom stereocenters. The average molecular weight is 349 g/mol. The Kier molecular flexibility index (Phi) is 3.06. The van der Waals surface area contributed by atoms with Gasteiger partial charge in [-0.05, 0) is 34.7 Å². The van der Waals surface area contributed by atoms with Crippen LogP contribution in [0.3, 0.4) is 0 Å². The zero-order valence-corrected chi connectivity index (χ0v) is 11.4. The molecule has 3 aromatic rings. The van der Waals surface area contributed by atoms with Gasteiger partial charge in [-0.15, -0.1) is 0 Å². The molecule has 4 nitrogen and oxygen atoms in total. The average Bonchev–Trinajstić information content (AvgIpc) is 2.42. The highest BCUT2D eigenvalue weighted by Crippen LogP contribution is 2.26. The molecule has 2 aromatic heterocycles. The topological polar surface area (TPSA) is 47.9 Å². The van der Waals surface area contributed by atoms with Crippen LogP contribution in [0.1, 0.15) is 0 Å². The van der Waals surface area contributed by atoms with Crippen molar-refractivity contribution in [2.24, 2.45) is 0 Å². The summed E-state index contributed by atoms with van der Waals surface area (Å²) in [5.41, 5.74) is 0.808. The number of benzene rings is 1. The monoisotopic (exact) mass is 349 g/mol. The maximum absolute atomic E-state index is 5.66. The van der Waals surface area contributed by atoms with Crippen molar-refractivity contribution < 1.29 is 4.74 Å². The smallest absolute Gasteiger partial charge is 0.322 e. The van der Waals surface area contributed by atoms with Gasteiger partial charge >= 0.3 is 6.01 Å². The first-order valence-electron chi connectivity index (χ1n) is 5.32. The fraction of sp³-hybridized carbons (Fsp3) is 0. The van der Waals surface area contributed by atoms with E-state index in [1.165, 1.54) is 0 Å². The van der Waals surface area contributed by atoms with Gasteiger partial charge in [-0.3, -0.25) is 4.98 Å². The summed E-state index contributed by atoms with van der Waals surface area (Å²) in [7, 11) is 0. The van der Waals surface area contributed by atoms with Gasteiger partial charge in [0.25, 0.3) is 0 Å². The van der Waals surface area contributed by atoms with Crippen LogP contribution in [-0.2, 0) is 0 Å². The van der Waals surface area contributed by atoms with Crippen molar-refractivity contribution in [3.05, 3.63) is 52.5 Å². The van der Waals surface area contributed by atoms with E-state index in [1.807, 2.05) is 30.3 Å². The molecule has 0 spiro atoms. The quantitative estimate of drug-likeness (QED) is 0.666. The van der Waals surface area contributed by atoms with E-state index < -0.39 is 0 Å². The van der Waals surface area contributed by atoms with Gasteiger partial charge in [0, 0.05) is 27.5 Å². The van der Waals surface area contributed by atoms with Gasteiger partial charge in [-0.25, -0.2) is 9.97 Å². The van der Waals surface area contributed by atoms with Crippen molar-refractivity contribution in [1.82, 2.24) is 15.0 Å². The third-order valence-electron chi connectivity index (χ3n) is 2.39. The number of aromatic nitrogens is 3. The summed E-state index contributed by atoms with van der Waals surface area (Å²) in [5, 5.41) is 1.03. The summed E-state index contributed by atoms with van der Waals surface area (Å²) >= 11 is 2.15. The lowest BCUT2D eigenvalue weighted by Crippen LogP contribution is -1.93. The molecule has 0 aliphatic rings. The standard InChI is InChI=1S/C13H8IN3O/c14-10-7-16-13(17-8-10)18-11-5-1-3-9-4-2-6-15-12(9)11/h1-8H. The zero-order chi connectivity index (χ0) is 12.4. The van der Waals surface area contributed by atoms with Crippen LogP contribution in [0.4, 0.5) is 0 Å². The van der Waals surface area contributed by atoms with E-state index in [0.29, 0.717) is 11.8 Å². The van der Waals surface area contributed by atoms with E-state index in [9.17, 15) is 0 Å². The van der Waals surface area contributed by atoms with E-state index >= 15 is 0 Å². The molecule has 88 valence electrons. The number of halogens is 1. The third-order valence-corrected chi connectivity index (χ3v) is 2.95. The molecule has 1 aromatic carbocycles. The Balaban J connectivity index is 2.02. The molecule has 0 N–H and O–H groups in total. The van der Waals surface area contributed by atoms with Crippen LogP contribution < -0.4 is 4.74 Å². The molecule has 0 bridgehead atoms. The van der Waals surface area contributed by atoms with E-state index in [1.54, 1.807) is 18.6 Å². The first kappa shape index (κ1) is 11.3. The highest BCUT2D eigenvalue weighted by atomic mass is 127. The van der Waals surface area contributed by atoms with Crippen molar-refractivity contribution in [2.75, 3.05) is 0 Å². The molecule has 2 heterocycles. The lowest BCUT2D eigenvalue weighted by atomic mass is 10.2. The number of rotatable bonds is 2. The Labute approximate surface area is 117 Å². The van der Waals surface area contributed by atoms with Crippen LogP contribution in [0, 0.1) is 3.57 Å². The van der Waals surface area contributed by atoms with Crippen LogP contribution in [0.5, 0.6) is 11.8 Å². The van der Waals surface area contributed by atoms with E-state index in [-0.39, 0.29) is 0 Å². The third kappa shape index (κ3) is 2.26. The number of para-hydroxylation sites is 1. The first-order valence-corrected chi connectivity index (χ1v) is 6.40. The normalized spacial score (nSPS) is 10.5. The summed E-state index contributed by atoms with van der Waals surface area (Å²) in [6, 6.07) is 9.98. The van der Waals surface area contributed by atoms with Gasteiger partial charge in [-0.1, -0.05) is 18.2 Å². The molecule has 0 amide bonds. The Morgan fingerprint density at radius 1 is 0.944 bits per heavy atom. The minimum atomic E-state index is 0.327. The number of fused-ring (bicyclic) bond motifs is 1. The number of pyridine rings is 1. The minimum Gasteiger partial charge on any atom is -0.422 e. The van der Waals surface area contributed by atoms with Crippen LogP contribution in [0.15, 0.2) is 48.9 Å². The van der Waals surface area contributed by atoms with Crippen LogP contribution in [0.2, 0.25) is 0 Å². The van der Waals surface area contributed by atoms with Crippen LogP contribution >= 0.6 is 22.6 Å². The summed E-state index contributed by atoms with van der Waals surface area (Å²) < 4.78 is 6.63. The molecule has 18 heavy (non-hydrogen) atoms. The number of hydrogen-bond donors (Lipinski definition) is 0. The van der Waals surface area contributed by atoms with Crippen molar-refractivity contribution in [2.45, 2.75) is 0 Å². The van der Waals surface area contributed by atoms with Gasteiger partial charge in [-0.2, -0.15) is 0 Å². The summed E-state index contributed by atoms with van der Waals surface area (Å²) in [6.45, 7) is 0. The molecule has 0 radical (unpaired) electrons. The molecule has 0 aliphatic carbocycles. The summed E-state index contributed by atoms with van der Waals surface area (Å²) in [6.07, 6.45) is 5.16. The van der Waals surface area contributed by atoms with E-state index in [0.717, 1.165) is 14.5 Å². The number of hydrogen-bond acceptors (Lipinski definition) is 4. The molecule has 0 saturated carbocycles. The molecule has 3 rings (SSSR count). The zero-order valence-electron chi connectivity index (χ0n) is 9.25. The molecule has 0 atom stereocenters. The Morgan fingerprint density at radius 2 is 1.72 bits per heavy atom. The Morgan fingerprint density at radius 3 is 2.56 bits per heavy atom. The molecular weight excluding hydrogens is 341 g/mol. The Hall–Kier alpha value is -1.76. The molecule has 0 saturated heterocycles. The second kappa shape index (κ2) is 4.85. The van der Waals surface area contributed by atoms with Gasteiger partial charge in [0.2, 0.25) is 0 Å². The summed E-state index contributed by atoms with van der Waals surface area (Å²) in [5.74, 6) is 0.661. The van der Waals surface area contributed by atoms with Crippen molar-refractivity contribution in [1.29, 1.82) is 0 Å². The fourth-order valence-electron chi connectivity index (χ4n) is 1.61. The van der Waals surface area contributed by atoms with Gasteiger partial charge in [0.15, 0.2) is 5.75 Å². The molecular formula is C13H8IN3O. The molecule has 0 fully saturated rings. The second-order valence-corrected chi connectivity index (χ2v) is 4.86. The highest BCUT2D eigenvalue weighted by Gasteiger charge is 2.05. The maximum atomic E-state index is 5.66. The Bertz CT molecular complexity index is 680. The number of nitrogens with zero attached hydrogens (tertiary/aromatic N) is 3. The lowest BCUT2D eigenvalue weighted by molar-refractivity contribution is 0.445. The van der Waals surface area contributed by atoms with Crippen molar-refractivity contribution >= 4 is 33.5 Å². The van der Waals surface area contributed by atoms with Crippen molar-refractivity contribution in [3.8, 4) is 11.8 Å². The predicted molar refractivity (Wildman–Crippen MR) is 76.6 cm³/mol. The van der Waals surface area contributed by atoms with Crippen LogP contribution in [-0.4, -0.2) is 15.0 Å². The summed E-state index contributed by atoms with van der Waals surface area (Å²) in [4.78, 5) is 12.5. The number of ether oxygens (including phenoxy) is 1.